The summed E-state index contributed by atoms with van der Waals surface area (Å²) in [4.78, 5) is 20.1. The molecule has 0 radical (unpaired) electrons. The molecular formula is C13H16N4O2. The molecule has 0 aliphatic rings. The number of pyridine rings is 1. The third-order valence-electron chi connectivity index (χ3n) is 2.50. The van der Waals surface area contributed by atoms with Crippen molar-refractivity contribution in [3.63, 3.8) is 0 Å². The Kier molecular flexibility index (Phi) is 4.12. The van der Waals surface area contributed by atoms with E-state index >= 15 is 0 Å². The second-order valence-electron chi connectivity index (χ2n) is 4.00. The molecule has 19 heavy (non-hydrogen) atoms. The molecule has 0 aromatic carbocycles. The molecule has 6 nitrogen and oxygen atoms in total. The number of nitrogens with zero attached hydrogens (tertiary/aromatic N) is 2. The highest BCUT2D eigenvalue weighted by Crippen LogP contribution is 2.13. The van der Waals surface area contributed by atoms with E-state index in [9.17, 15) is 4.79 Å². The molecule has 1 amide bonds. The standard InChI is InChI=1S/C13H16N4O2/c1-3-15-11-4-5-14-7-10(11)13(18)17-8-12-16-6-9(2)19-12/h4-7H,3,8H2,1-2H3,(H,14,15)(H,17,18). The number of aromatic nitrogens is 2. The van der Waals surface area contributed by atoms with Crippen molar-refractivity contribution in [1.82, 2.24) is 15.3 Å². The van der Waals surface area contributed by atoms with Gasteiger partial charge in [0.25, 0.3) is 5.91 Å². The lowest BCUT2D eigenvalue weighted by atomic mass is 10.2. The van der Waals surface area contributed by atoms with Gasteiger partial charge in [0.15, 0.2) is 0 Å². The molecule has 0 bridgehead atoms. The van der Waals surface area contributed by atoms with Gasteiger partial charge in [-0.25, -0.2) is 4.98 Å². The molecular weight excluding hydrogens is 244 g/mol. The fourth-order valence-corrected chi connectivity index (χ4v) is 1.65. The molecule has 0 aliphatic heterocycles. The van der Waals surface area contributed by atoms with Crippen LogP contribution < -0.4 is 10.6 Å². The van der Waals surface area contributed by atoms with Crippen molar-refractivity contribution >= 4 is 11.6 Å². The van der Waals surface area contributed by atoms with Crippen molar-refractivity contribution < 1.29 is 9.21 Å². The summed E-state index contributed by atoms with van der Waals surface area (Å²) in [5.41, 5.74) is 1.27. The Bertz CT molecular complexity index is 565. The lowest BCUT2D eigenvalue weighted by molar-refractivity contribution is 0.0947. The van der Waals surface area contributed by atoms with E-state index in [1.165, 1.54) is 6.20 Å². The van der Waals surface area contributed by atoms with E-state index in [4.69, 9.17) is 4.42 Å². The van der Waals surface area contributed by atoms with Crippen LogP contribution in [-0.4, -0.2) is 22.4 Å². The van der Waals surface area contributed by atoms with Crippen LogP contribution in [0.5, 0.6) is 0 Å². The largest absolute Gasteiger partial charge is 0.444 e. The zero-order valence-corrected chi connectivity index (χ0v) is 10.9. The minimum Gasteiger partial charge on any atom is -0.444 e. The van der Waals surface area contributed by atoms with E-state index in [-0.39, 0.29) is 12.5 Å². The Morgan fingerprint density at radius 1 is 1.42 bits per heavy atom. The number of anilines is 1. The van der Waals surface area contributed by atoms with Crippen molar-refractivity contribution in [3.05, 3.63) is 41.9 Å². The fourth-order valence-electron chi connectivity index (χ4n) is 1.65. The fraction of sp³-hybridized carbons (Fsp3) is 0.308. The molecule has 0 saturated carbocycles. The Hall–Kier alpha value is -2.37. The highest BCUT2D eigenvalue weighted by Gasteiger charge is 2.11. The van der Waals surface area contributed by atoms with Crippen LogP contribution in [-0.2, 0) is 6.54 Å². The summed E-state index contributed by atoms with van der Waals surface area (Å²) >= 11 is 0. The first-order chi connectivity index (χ1) is 9.20. The van der Waals surface area contributed by atoms with Crippen molar-refractivity contribution in [2.75, 3.05) is 11.9 Å². The van der Waals surface area contributed by atoms with Gasteiger partial charge in [-0.15, -0.1) is 0 Å². The Labute approximate surface area is 111 Å². The molecule has 2 aromatic rings. The first-order valence-corrected chi connectivity index (χ1v) is 6.08. The summed E-state index contributed by atoms with van der Waals surface area (Å²) < 4.78 is 5.29. The first-order valence-electron chi connectivity index (χ1n) is 6.08. The maximum absolute atomic E-state index is 12.1. The van der Waals surface area contributed by atoms with Gasteiger partial charge in [0.05, 0.1) is 24.0 Å². The average Bonchev–Trinajstić information content (AvgIpc) is 2.83. The highest BCUT2D eigenvalue weighted by molar-refractivity contribution is 5.99. The number of carbonyl (C=O) groups is 1. The van der Waals surface area contributed by atoms with Crippen molar-refractivity contribution in [3.8, 4) is 0 Å². The molecule has 0 unspecified atom stereocenters. The molecule has 0 aliphatic carbocycles. The number of amides is 1. The molecule has 2 N–H and O–H groups in total. The van der Waals surface area contributed by atoms with E-state index in [1.807, 2.05) is 13.8 Å². The molecule has 2 aromatic heterocycles. The van der Waals surface area contributed by atoms with Gasteiger partial charge in [-0.3, -0.25) is 9.78 Å². The quantitative estimate of drug-likeness (QED) is 0.856. The van der Waals surface area contributed by atoms with Gasteiger partial charge in [0, 0.05) is 18.9 Å². The maximum Gasteiger partial charge on any atom is 0.255 e. The van der Waals surface area contributed by atoms with Gasteiger partial charge >= 0.3 is 0 Å². The van der Waals surface area contributed by atoms with Crippen LogP contribution in [0.15, 0.2) is 29.1 Å². The van der Waals surface area contributed by atoms with Crippen LogP contribution >= 0.6 is 0 Å². The van der Waals surface area contributed by atoms with E-state index in [2.05, 4.69) is 20.6 Å². The molecule has 0 atom stereocenters. The molecule has 6 heteroatoms. The van der Waals surface area contributed by atoms with Crippen LogP contribution in [0.25, 0.3) is 0 Å². The first kappa shape index (κ1) is 13.1. The third-order valence-corrected chi connectivity index (χ3v) is 2.50. The van der Waals surface area contributed by atoms with E-state index in [1.54, 1.807) is 18.5 Å². The predicted molar refractivity (Wildman–Crippen MR) is 70.8 cm³/mol. The number of aryl methyl sites for hydroxylation is 1. The summed E-state index contributed by atoms with van der Waals surface area (Å²) in [5, 5.41) is 5.87. The summed E-state index contributed by atoms with van der Waals surface area (Å²) in [7, 11) is 0. The zero-order chi connectivity index (χ0) is 13.7. The lowest BCUT2D eigenvalue weighted by Crippen LogP contribution is -2.24. The van der Waals surface area contributed by atoms with Crippen molar-refractivity contribution in [2.24, 2.45) is 0 Å². The Morgan fingerprint density at radius 2 is 2.26 bits per heavy atom. The van der Waals surface area contributed by atoms with Crippen molar-refractivity contribution in [2.45, 2.75) is 20.4 Å². The summed E-state index contributed by atoms with van der Waals surface area (Å²) in [6.45, 7) is 4.77. The SMILES string of the molecule is CCNc1ccncc1C(=O)NCc1ncc(C)o1. The van der Waals surface area contributed by atoms with Crippen LogP contribution in [0.2, 0.25) is 0 Å². The summed E-state index contributed by atoms with van der Waals surface area (Å²) in [6, 6.07) is 1.77. The van der Waals surface area contributed by atoms with Gasteiger partial charge in [-0.2, -0.15) is 0 Å². The van der Waals surface area contributed by atoms with Gasteiger partial charge < -0.3 is 15.1 Å². The molecule has 2 heterocycles. The molecule has 100 valence electrons. The highest BCUT2D eigenvalue weighted by atomic mass is 16.4. The number of carbonyl (C=O) groups excluding carboxylic acids is 1. The molecule has 0 fully saturated rings. The van der Waals surface area contributed by atoms with Crippen LogP contribution in [0.3, 0.4) is 0 Å². The van der Waals surface area contributed by atoms with Crippen LogP contribution in [0.1, 0.15) is 28.9 Å². The minimum atomic E-state index is -0.208. The average molecular weight is 260 g/mol. The monoisotopic (exact) mass is 260 g/mol. The second kappa shape index (κ2) is 5.99. The minimum absolute atomic E-state index is 0.208. The molecule has 2 rings (SSSR count). The van der Waals surface area contributed by atoms with E-state index in [0.29, 0.717) is 11.5 Å². The third kappa shape index (κ3) is 3.31. The Balaban J connectivity index is 2.03. The predicted octanol–water partition coefficient (Wildman–Crippen LogP) is 1.74. The smallest absolute Gasteiger partial charge is 0.255 e. The second-order valence-corrected chi connectivity index (χ2v) is 4.00. The van der Waals surface area contributed by atoms with Gasteiger partial charge in [-0.1, -0.05) is 0 Å². The topological polar surface area (TPSA) is 80.0 Å². The van der Waals surface area contributed by atoms with Crippen LogP contribution in [0, 0.1) is 6.92 Å². The van der Waals surface area contributed by atoms with Crippen LogP contribution in [0.4, 0.5) is 5.69 Å². The number of hydrogen-bond donors (Lipinski definition) is 2. The van der Waals surface area contributed by atoms with Gasteiger partial charge in [0.2, 0.25) is 5.89 Å². The number of nitrogens with one attached hydrogen (secondary N) is 2. The molecule has 0 spiro atoms. The Morgan fingerprint density at radius 3 is 2.95 bits per heavy atom. The van der Waals surface area contributed by atoms with Crippen molar-refractivity contribution in [1.29, 1.82) is 0 Å². The number of hydrogen-bond acceptors (Lipinski definition) is 5. The summed E-state index contributed by atoms with van der Waals surface area (Å²) in [6.07, 6.45) is 4.80. The summed E-state index contributed by atoms with van der Waals surface area (Å²) in [5.74, 6) is 0.999. The van der Waals surface area contributed by atoms with Gasteiger partial charge in [-0.05, 0) is 19.9 Å². The lowest BCUT2D eigenvalue weighted by Gasteiger charge is -2.09. The van der Waals surface area contributed by atoms with E-state index < -0.39 is 0 Å². The number of rotatable bonds is 5. The normalized spacial score (nSPS) is 10.2. The maximum atomic E-state index is 12.1. The van der Waals surface area contributed by atoms with Gasteiger partial charge in [0.1, 0.15) is 5.76 Å². The number of oxazole rings is 1. The molecule has 0 saturated heterocycles. The van der Waals surface area contributed by atoms with E-state index in [0.717, 1.165) is 18.0 Å². The zero-order valence-electron chi connectivity index (χ0n) is 10.9.